The van der Waals surface area contributed by atoms with E-state index in [1.807, 2.05) is 36.4 Å². The minimum absolute atomic E-state index is 0.318. The van der Waals surface area contributed by atoms with Gasteiger partial charge in [-0.05, 0) is 24.5 Å². The van der Waals surface area contributed by atoms with Gasteiger partial charge in [0, 0.05) is 31.0 Å². The number of rotatable bonds is 5. The molecule has 1 aromatic heterocycles. The molecular formula is C24H25F2N5O2. The van der Waals surface area contributed by atoms with Gasteiger partial charge in [0.2, 0.25) is 5.91 Å². The van der Waals surface area contributed by atoms with Crippen LogP contribution in [-0.4, -0.2) is 64.4 Å². The van der Waals surface area contributed by atoms with Gasteiger partial charge < -0.3 is 10.2 Å². The molecule has 172 valence electrons. The topological polar surface area (TPSA) is 89.3 Å². The molecule has 7 nitrogen and oxygen atoms in total. The van der Waals surface area contributed by atoms with E-state index in [0.29, 0.717) is 24.2 Å². The van der Waals surface area contributed by atoms with Crippen molar-refractivity contribution in [1.29, 1.82) is 5.26 Å². The fourth-order valence-electron chi connectivity index (χ4n) is 4.67. The molecule has 0 spiro atoms. The smallest absolute Gasteiger partial charge is 0.270 e. The molecule has 2 aromatic rings. The number of amides is 2. The van der Waals surface area contributed by atoms with Gasteiger partial charge in [0.1, 0.15) is 6.07 Å². The molecule has 1 aromatic carbocycles. The van der Waals surface area contributed by atoms with Crippen LogP contribution in [0.25, 0.3) is 11.1 Å². The Morgan fingerprint density at radius 2 is 1.85 bits per heavy atom. The van der Waals surface area contributed by atoms with E-state index in [1.54, 1.807) is 17.2 Å². The summed E-state index contributed by atoms with van der Waals surface area (Å²) < 4.78 is 28.9. The Hall–Kier alpha value is -3.38. The van der Waals surface area contributed by atoms with Gasteiger partial charge in [0.25, 0.3) is 11.8 Å². The highest BCUT2D eigenvalue weighted by Crippen LogP contribution is 2.42. The summed E-state index contributed by atoms with van der Waals surface area (Å²) >= 11 is 0. The first kappa shape index (κ1) is 22.8. The zero-order valence-corrected chi connectivity index (χ0v) is 18.1. The molecule has 0 bridgehead atoms. The summed E-state index contributed by atoms with van der Waals surface area (Å²) in [6, 6.07) is 12.8. The molecule has 1 atom stereocenters. The van der Waals surface area contributed by atoms with Crippen molar-refractivity contribution in [2.75, 3.05) is 26.2 Å². The largest absolute Gasteiger partial charge is 0.343 e. The summed E-state index contributed by atoms with van der Waals surface area (Å²) in [5.41, 5.74) is 0.000977. The van der Waals surface area contributed by atoms with Gasteiger partial charge >= 0.3 is 0 Å². The van der Waals surface area contributed by atoms with Crippen LogP contribution in [0.4, 0.5) is 8.78 Å². The van der Waals surface area contributed by atoms with E-state index >= 15 is 0 Å². The van der Waals surface area contributed by atoms with E-state index < -0.39 is 42.9 Å². The lowest BCUT2D eigenvalue weighted by molar-refractivity contribution is -0.139. The van der Waals surface area contributed by atoms with Gasteiger partial charge in [-0.1, -0.05) is 36.8 Å². The van der Waals surface area contributed by atoms with E-state index in [0.717, 1.165) is 29.7 Å². The Morgan fingerprint density at radius 1 is 1.12 bits per heavy atom. The molecule has 3 heterocycles. The third-order valence-corrected chi connectivity index (χ3v) is 6.25. The third-order valence-electron chi connectivity index (χ3n) is 6.25. The Balaban J connectivity index is 1.51. The van der Waals surface area contributed by atoms with Crippen LogP contribution in [0.1, 0.15) is 36.0 Å². The number of alkyl halides is 2. The van der Waals surface area contributed by atoms with Crippen molar-refractivity contribution in [3.8, 4) is 17.2 Å². The van der Waals surface area contributed by atoms with E-state index in [9.17, 15) is 23.6 Å². The SMILES string of the molecule is N#C[C@]1(N2CCCCC2)CC(F)(F)CN1C(=O)CNC(=O)c1ccncc1-c1ccccc1. The minimum atomic E-state index is -3.17. The molecule has 0 aliphatic carbocycles. The Bertz CT molecular complexity index is 1070. The van der Waals surface area contributed by atoms with Crippen LogP contribution in [-0.2, 0) is 4.79 Å². The Labute approximate surface area is 191 Å². The summed E-state index contributed by atoms with van der Waals surface area (Å²) in [5, 5.41) is 12.5. The van der Waals surface area contributed by atoms with E-state index in [1.165, 1.54) is 6.20 Å². The standard InChI is InChI=1S/C24H25F2N5O2/c25-23(26)15-24(16-27,30-11-5-2-6-12-30)31(17-23)21(32)14-29-22(33)19-9-10-28-13-20(19)18-7-3-1-4-8-18/h1,3-4,7-10,13H,2,5-6,11-12,14-15,17H2,(H,29,33)/t24-/m0/s1. The van der Waals surface area contributed by atoms with Gasteiger partial charge in [0.05, 0.1) is 25.1 Å². The maximum atomic E-state index is 14.4. The molecule has 2 aliphatic heterocycles. The first-order valence-corrected chi connectivity index (χ1v) is 11.0. The second kappa shape index (κ2) is 9.24. The Morgan fingerprint density at radius 3 is 2.55 bits per heavy atom. The van der Waals surface area contributed by atoms with Gasteiger partial charge in [-0.25, -0.2) is 8.78 Å². The van der Waals surface area contributed by atoms with Crippen molar-refractivity contribution in [2.24, 2.45) is 0 Å². The van der Waals surface area contributed by atoms with E-state index in [2.05, 4.69) is 10.3 Å². The number of halogens is 2. The number of hydrogen-bond acceptors (Lipinski definition) is 5. The number of hydrogen-bond donors (Lipinski definition) is 1. The number of carbonyl (C=O) groups excluding carboxylic acids is 2. The highest BCUT2D eigenvalue weighted by Gasteiger charge is 2.60. The number of nitrogens with one attached hydrogen (secondary N) is 1. The number of pyridine rings is 1. The number of benzene rings is 1. The monoisotopic (exact) mass is 453 g/mol. The normalized spacial score (nSPS) is 22.5. The molecule has 1 N–H and O–H groups in total. The van der Waals surface area contributed by atoms with Crippen LogP contribution in [0.5, 0.6) is 0 Å². The number of likely N-dealkylation sites (tertiary alicyclic amines) is 2. The fraction of sp³-hybridized carbons (Fsp3) is 0.417. The Kier molecular flexibility index (Phi) is 6.38. The van der Waals surface area contributed by atoms with Crippen LogP contribution in [0, 0.1) is 11.3 Å². The summed E-state index contributed by atoms with van der Waals surface area (Å²) in [4.78, 5) is 32.6. The highest BCUT2D eigenvalue weighted by molar-refractivity contribution is 6.02. The molecule has 0 radical (unpaired) electrons. The molecule has 9 heteroatoms. The number of carbonyl (C=O) groups is 2. The fourth-order valence-corrected chi connectivity index (χ4v) is 4.67. The van der Waals surface area contributed by atoms with Crippen molar-refractivity contribution in [3.63, 3.8) is 0 Å². The second-order valence-electron chi connectivity index (χ2n) is 8.46. The lowest BCUT2D eigenvalue weighted by Crippen LogP contribution is -2.60. The lowest BCUT2D eigenvalue weighted by Gasteiger charge is -2.43. The highest BCUT2D eigenvalue weighted by atomic mass is 19.3. The number of nitriles is 1. The molecule has 2 aliphatic rings. The molecule has 2 fully saturated rings. The molecule has 4 rings (SSSR count). The van der Waals surface area contributed by atoms with Crippen molar-refractivity contribution in [3.05, 3.63) is 54.4 Å². The first-order chi connectivity index (χ1) is 15.9. The average Bonchev–Trinajstić information content (AvgIpc) is 3.15. The predicted octanol–water partition coefficient (Wildman–Crippen LogP) is 3.05. The third kappa shape index (κ3) is 4.57. The van der Waals surface area contributed by atoms with Crippen LogP contribution < -0.4 is 5.32 Å². The molecule has 0 unspecified atom stereocenters. The number of aromatic nitrogens is 1. The van der Waals surface area contributed by atoms with E-state index in [4.69, 9.17) is 0 Å². The predicted molar refractivity (Wildman–Crippen MR) is 117 cm³/mol. The van der Waals surface area contributed by atoms with Gasteiger partial charge in [-0.15, -0.1) is 0 Å². The number of piperidine rings is 1. The molecular weight excluding hydrogens is 428 g/mol. The summed E-state index contributed by atoms with van der Waals surface area (Å²) in [6.07, 6.45) is 4.86. The average molecular weight is 453 g/mol. The van der Waals surface area contributed by atoms with Gasteiger partial charge in [-0.2, -0.15) is 5.26 Å². The van der Waals surface area contributed by atoms with Crippen molar-refractivity contribution < 1.29 is 18.4 Å². The van der Waals surface area contributed by atoms with Gasteiger partial charge in [0.15, 0.2) is 5.66 Å². The van der Waals surface area contributed by atoms with Crippen LogP contribution in [0.15, 0.2) is 48.8 Å². The molecule has 33 heavy (non-hydrogen) atoms. The summed E-state index contributed by atoms with van der Waals surface area (Å²) in [7, 11) is 0. The maximum absolute atomic E-state index is 14.4. The van der Waals surface area contributed by atoms with Crippen LogP contribution in [0.2, 0.25) is 0 Å². The molecule has 0 saturated carbocycles. The van der Waals surface area contributed by atoms with Crippen molar-refractivity contribution >= 4 is 11.8 Å². The zero-order valence-electron chi connectivity index (χ0n) is 18.1. The molecule has 2 saturated heterocycles. The zero-order chi connectivity index (χ0) is 23.5. The maximum Gasteiger partial charge on any atom is 0.270 e. The van der Waals surface area contributed by atoms with Crippen LogP contribution >= 0.6 is 0 Å². The quantitative estimate of drug-likeness (QED) is 0.752. The summed E-state index contributed by atoms with van der Waals surface area (Å²) in [6.45, 7) is -0.354. The van der Waals surface area contributed by atoms with Crippen molar-refractivity contribution in [2.45, 2.75) is 37.3 Å². The van der Waals surface area contributed by atoms with Crippen LogP contribution in [0.3, 0.4) is 0 Å². The minimum Gasteiger partial charge on any atom is -0.343 e. The van der Waals surface area contributed by atoms with E-state index in [-0.39, 0.29) is 0 Å². The second-order valence-corrected chi connectivity index (χ2v) is 8.46. The van der Waals surface area contributed by atoms with Gasteiger partial charge in [-0.3, -0.25) is 19.5 Å². The summed E-state index contributed by atoms with van der Waals surface area (Å²) in [5.74, 6) is -4.39. The number of nitrogens with zero attached hydrogens (tertiary/aromatic N) is 4. The molecule has 2 amide bonds. The lowest BCUT2D eigenvalue weighted by atomic mass is 10.0. The van der Waals surface area contributed by atoms with Crippen molar-refractivity contribution in [1.82, 2.24) is 20.1 Å². The first-order valence-electron chi connectivity index (χ1n) is 11.0.